The van der Waals surface area contributed by atoms with Crippen LogP contribution in [0.25, 0.3) is 11.1 Å². The van der Waals surface area contributed by atoms with Crippen LogP contribution >= 0.6 is 0 Å². The van der Waals surface area contributed by atoms with E-state index in [1.54, 1.807) is 25.2 Å². The van der Waals surface area contributed by atoms with Crippen LogP contribution in [0.2, 0.25) is 0 Å². The molecule has 5 nitrogen and oxygen atoms in total. The molecule has 2 atom stereocenters. The smallest absolute Gasteiger partial charge is 0.181 e. The molecule has 0 aliphatic rings. The summed E-state index contributed by atoms with van der Waals surface area (Å²) in [5.74, 6) is 0. The molecule has 0 saturated carbocycles. The van der Waals surface area contributed by atoms with Crippen molar-refractivity contribution in [3.63, 3.8) is 0 Å². The third kappa shape index (κ3) is 2.63. The second-order valence-electron chi connectivity index (χ2n) is 3.98. The van der Waals surface area contributed by atoms with Crippen LogP contribution in [-0.4, -0.2) is 34.9 Å². The van der Waals surface area contributed by atoms with Crippen molar-refractivity contribution in [1.29, 1.82) is 0 Å². The molecule has 0 fully saturated rings. The molecule has 0 amide bonds. The van der Waals surface area contributed by atoms with E-state index in [0.717, 1.165) is 0 Å². The average Bonchev–Trinajstić information content (AvgIpc) is 2.81. The topological polar surface area (TPSA) is 78.5 Å². The minimum atomic E-state index is -0.899. The first-order chi connectivity index (χ1) is 8.22. The predicted molar refractivity (Wildman–Crippen MR) is 63.5 cm³/mol. The van der Waals surface area contributed by atoms with Gasteiger partial charge in [0, 0.05) is 0 Å². The van der Waals surface area contributed by atoms with Crippen LogP contribution in [0.3, 0.4) is 0 Å². The van der Waals surface area contributed by atoms with Gasteiger partial charge in [0.15, 0.2) is 12.0 Å². The van der Waals surface area contributed by atoms with E-state index in [9.17, 15) is 10.2 Å². The van der Waals surface area contributed by atoms with Gasteiger partial charge < -0.3 is 19.9 Å². The first-order valence-electron chi connectivity index (χ1n) is 5.56. The maximum absolute atomic E-state index is 9.98. The number of hydrogen-bond donors (Lipinski definition) is 3. The van der Waals surface area contributed by atoms with Gasteiger partial charge in [0.25, 0.3) is 0 Å². The number of rotatable bonds is 5. The van der Waals surface area contributed by atoms with Crippen molar-refractivity contribution in [2.24, 2.45) is 0 Å². The van der Waals surface area contributed by atoms with Gasteiger partial charge in [0.05, 0.1) is 6.10 Å². The number of oxazole rings is 1. The molecule has 2 aromatic rings. The Kier molecular flexibility index (Phi) is 3.73. The zero-order chi connectivity index (χ0) is 12.3. The number of aromatic nitrogens is 1. The van der Waals surface area contributed by atoms with Gasteiger partial charge in [-0.2, -0.15) is 0 Å². The standard InChI is InChI=1S/C12H16N2O3/c1-13-5-4-10(15)12(16)8-2-3-11-9(6-8)14-7-17-11/h2-3,6-7,10,12-13,15-16H,4-5H2,1H3. The molecular weight excluding hydrogens is 220 g/mol. The third-order valence-electron chi connectivity index (χ3n) is 2.75. The summed E-state index contributed by atoms with van der Waals surface area (Å²) in [5, 5.41) is 22.7. The van der Waals surface area contributed by atoms with E-state index >= 15 is 0 Å². The van der Waals surface area contributed by atoms with Crippen LogP contribution in [0.4, 0.5) is 0 Å². The maximum Gasteiger partial charge on any atom is 0.181 e. The van der Waals surface area contributed by atoms with Gasteiger partial charge in [0.1, 0.15) is 11.6 Å². The Hall–Kier alpha value is -1.43. The first-order valence-corrected chi connectivity index (χ1v) is 5.56. The first kappa shape index (κ1) is 12.0. The summed E-state index contributed by atoms with van der Waals surface area (Å²) in [7, 11) is 1.81. The predicted octanol–water partition coefficient (Wildman–Crippen LogP) is 0.832. The maximum atomic E-state index is 9.98. The molecule has 0 saturated heterocycles. The van der Waals surface area contributed by atoms with Crippen molar-refractivity contribution in [2.75, 3.05) is 13.6 Å². The summed E-state index contributed by atoms with van der Waals surface area (Å²) in [4.78, 5) is 4.01. The second kappa shape index (κ2) is 5.27. The zero-order valence-corrected chi connectivity index (χ0v) is 9.63. The van der Waals surface area contributed by atoms with E-state index in [1.165, 1.54) is 6.39 Å². The fourth-order valence-corrected chi connectivity index (χ4v) is 1.73. The van der Waals surface area contributed by atoms with Crippen LogP contribution in [0.15, 0.2) is 29.0 Å². The van der Waals surface area contributed by atoms with E-state index in [0.29, 0.717) is 29.6 Å². The minimum Gasteiger partial charge on any atom is -0.443 e. The van der Waals surface area contributed by atoms with E-state index < -0.39 is 12.2 Å². The van der Waals surface area contributed by atoms with Crippen LogP contribution in [0.5, 0.6) is 0 Å². The lowest BCUT2D eigenvalue weighted by Gasteiger charge is -2.17. The lowest BCUT2D eigenvalue weighted by molar-refractivity contribution is 0.0141. The number of nitrogens with zero attached hydrogens (tertiary/aromatic N) is 1. The molecule has 2 unspecified atom stereocenters. The number of aliphatic hydroxyl groups excluding tert-OH is 2. The Morgan fingerprint density at radius 1 is 1.41 bits per heavy atom. The fraction of sp³-hybridized carbons (Fsp3) is 0.417. The van der Waals surface area contributed by atoms with Crippen molar-refractivity contribution in [2.45, 2.75) is 18.6 Å². The van der Waals surface area contributed by atoms with Crippen molar-refractivity contribution in [3.8, 4) is 0 Å². The normalized spacial score (nSPS) is 15.0. The molecule has 2 rings (SSSR count). The molecule has 0 aliphatic carbocycles. The van der Waals surface area contributed by atoms with Crippen LogP contribution in [-0.2, 0) is 0 Å². The zero-order valence-electron chi connectivity index (χ0n) is 9.63. The van der Waals surface area contributed by atoms with Gasteiger partial charge in [-0.05, 0) is 37.7 Å². The van der Waals surface area contributed by atoms with E-state index in [2.05, 4.69) is 10.3 Å². The molecule has 1 heterocycles. The molecule has 3 N–H and O–H groups in total. The molecule has 5 heteroatoms. The van der Waals surface area contributed by atoms with Crippen molar-refractivity contribution in [3.05, 3.63) is 30.2 Å². The molecule has 17 heavy (non-hydrogen) atoms. The number of fused-ring (bicyclic) bond motifs is 1. The molecule has 0 spiro atoms. The van der Waals surface area contributed by atoms with Gasteiger partial charge in [0.2, 0.25) is 0 Å². The molecule has 0 bridgehead atoms. The highest BCUT2D eigenvalue weighted by molar-refractivity contribution is 5.72. The van der Waals surface area contributed by atoms with Gasteiger partial charge in [-0.3, -0.25) is 0 Å². The van der Waals surface area contributed by atoms with Gasteiger partial charge in [-0.25, -0.2) is 4.98 Å². The Morgan fingerprint density at radius 2 is 2.24 bits per heavy atom. The largest absolute Gasteiger partial charge is 0.443 e. The fourth-order valence-electron chi connectivity index (χ4n) is 1.73. The van der Waals surface area contributed by atoms with Crippen molar-refractivity contribution < 1.29 is 14.6 Å². The second-order valence-corrected chi connectivity index (χ2v) is 3.98. The Bertz CT molecular complexity index is 483. The molecule has 0 aliphatic heterocycles. The van der Waals surface area contributed by atoms with E-state index in [-0.39, 0.29) is 0 Å². The molecular formula is C12H16N2O3. The van der Waals surface area contributed by atoms with Crippen molar-refractivity contribution in [1.82, 2.24) is 10.3 Å². The SMILES string of the molecule is CNCCC(O)C(O)c1ccc2ocnc2c1. The monoisotopic (exact) mass is 236 g/mol. The lowest BCUT2D eigenvalue weighted by Crippen LogP contribution is -2.23. The van der Waals surface area contributed by atoms with Crippen molar-refractivity contribution >= 4 is 11.1 Å². The quantitative estimate of drug-likeness (QED) is 0.716. The van der Waals surface area contributed by atoms with Crippen LogP contribution < -0.4 is 5.32 Å². The Morgan fingerprint density at radius 3 is 3.00 bits per heavy atom. The third-order valence-corrected chi connectivity index (χ3v) is 2.75. The molecule has 0 radical (unpaired) electrons. The van der Waals surface area contributed by atoms with Gasteiger partial charge in [-0.1, -0.05) is 6.07 Å². The average molecular weight is 236 g/mol. The van der Waals surface area contributed by atoms with E-state index in [4.69, 9.17) is 4.42 Å². The van der Waals surface area contributed by atoms with Gasteiger partial charge >= 0.3 is 0 Å². The minimum absolute atomic E-state index is 0.495. The summed E-state index contributed by atoms with van der Waals surface area (Å²) in [6, 6.07) is 5.21. The van der Waals surface area contributed by atoms with Crippen LogP contribution in [0.1, 0.15) is 18.1 Å². The number of nitrogens with one attached hydrogen (secondary N) is 1. The summed E-state index contributed by atoms with van der Waals surface area (Å²) >= 11 is 0. The highest BCUT2D eigenvalue weighted by Gasteiger charge is 2.18. The summed E-state index contributed by atoms with van der Waals surface area (Å²) in [5.41, 5.74) is 2.00. The van der Waals surface area contributed by atoms with Crippen LogP contribution in [0, 0.1) is 0 Å². The Labute approximate surface area is 99.1 Å². The molecule has 1 aromatic carbocycles. The number of aliphatic hydroxyl groups is 2. The highest BCUT2D eigenvalue weighted by atomic mass is 16.3. The number of benzene rings is 1. The summed E-state index contributed by atoms with van der Waals surface area (Å²) in [6.07, 6.45) is 0.170. The summed E-state index contributed by atoms with van der Waals surface area (Å²) < 4.78 is 5.11. The van der Waals surface area contributed by atoms with Gasteiger partial charge in [-0.15, -0.1) is 0 Å². The number of hydrogen-bond acceptors (Lipinski definition) is 5. The van der Waals surface area contributed by atoms with E-state index in [1.807, 2.05) is 0 Å². The molecule has 1 aromatic heterocycles. The summed E-state index contributed by atoms with van der Waals surface area (Å²) in [6.45, 7) is 0.657. The highest BCUT2D eigenvalue weighted by Crippen LogP contribution is 2.22. The lowest BCUT2D eigenvalue weighted by atomic mass is 10.0. The Balaban J connectivity index is 2.14. The molecule has 92 valence electrons.